The van der Waals surface area contributed by atoms with Gasteiger partial charge in [-0.1, -0.05) is 47.8 Å². The van der Waals surface area contributed by atoms with E-state index in [4.69, 9.17) is 34.8 Å². The Morgan fingerprint density at radius 2 is 1.85 bits per heavy atom. The predicted octanol–water partition coefficient (Wildman–Crippen LogP) is 6.85. The van der Waals surface area contributed by atoms with Crippen molar-refractivity contribution < 1.29 is 9.59 Å². The Labute approximate surface area is 209 Å². The highest BCUT2D eigenvalue weighted by Gasteiger charge is 2.37. The second-order valence-electron chi connectivity index (χ2n) is 9.21. The van der Waals surface area contributed by atoms with E-state index in [1.54, 1.807) is 24.3 Å². The number of hydrogen-bond acceptors (Lipinski definition) is 3. The number of halogens is 3. The van der Waals surface area contributed by atoms with E-state index >= 15 is 0 Å². The van der Waals surface area contributed by atoms with E-state index < -0.39 is 11.9 Å². The highest BCUT2D eigenvalue weighted by Crippen LogP contribution is 2.45. The van der Waals surface area contributed by atoms with E-state index in [-0.39, 0.29) is 17.8 Å². The van der Waals surface area contributed by atoms with Gasteiger partial charge in [0.05, 0.1) is 6.54 Å². The van der Waals surface area contributed by atoms with Crippen LogP contribution in [0.25, 0.3) is 6.08 Å². The lowest BCUT2D eigenvalue weighted by Crippen LogP contribution is -2.48. The van der Waals surface area contributed by atoms with Crippen molar-refractivity contribution in [3.8, 4) is 0 Å². The maximum Gasteiger partial charge on any atom is 0.329 e. The molecule has 33 heavy (non-hydrogen) atoms. The molecular weight excluding hydrogens is 481 g/mol. The number of urea groups is 1. The standard InChI is InChI=1S/C25H26Cl3N3O2/c1-5-31-22-11-20(28)16(8-18(22)14(2)12-25(31,3)4)9-21-23(32)30(24(33)29-21)13-15-6-7-17(26)10-19(15)27/h6-11,14H,5,12-13H2,1-4H3,(H,29,33)/b21-9+. The third kappa shape index (κ3) is 4.46. The predicted molar refractivity (Wildman–Crippen MR) is 135 cm³/mol. The third-order valence-corrected chi connectivity index (χ3v) is 7.34. The lowest BCUT2D eigenvalue weighted by Gasteiger charge is -2.47. The molecule has 1 atom stereocenters. The number of amides is 3. The first-order chi connectivity index (χ1) is 15.5. The van der Waals surface area contributed by atoms with Crippen LogP contribution in [0.4, 0.5) is 10.5 Å². The molecule has 5 nitrogen and oxygen atoms in total. The number of anilines is 1. The van der Waals surface area contributed by atoms with Gasteiger partial charge in [0.2, 0.25) is 0 Å². The second kappa shape index (κ2) is 8.86. The molecule has 8 heteroatoms. The molecule has 1 unspecified atom stereocenters. The maximum absolute atomic E-state index is 13.0. The Bertz CT molecular complexity index is 1180. The van der Waals surface area contributed by atoms with Crippen LogP contribution >= 0.6 is 34.8 Å². The molecule has 1 N–H and O–H groups in total. The highest BCUT2D eigenvalue weighted by atomic mass is 35.5. The molecule has 2 aliphatic rings. The summed E-state index contributed by atoms with van der Waals surface area (Å²) in [6.07, 6.45) is 2.66. The molecular formula is C25H26Cl3N3O2. The number of hydrogen-bond donors (Lipinski definition) is 1. The summed E-state index contributed by atoms with van der Waals surface area (Å²) >= 11 is 18.8. The molecule has 2 aromatic rings. The number of benzene rings is 2. The minimum absolute atomic E-state index is 0.0311. The average molecular weight is 507 g/mol. The second-order valence-corrected chi connectivity index (χ2v) is 10.5. The van der Waals surface area contributed by atoms with Crippen molar-refractivity contribution in [3.05, 3.63) is 67.8 Å². The molecule has 2 aromatic carbocycles. The number of nitrogens with zero attached hydrogens (tertiary/aromatic N) is 2. The molecule has 0 aliphatic carbocycles. The van der Waals surface area contributed by atoms with Crippen molar-refractivity contribution in [2.24, 2.45) is 0 Å². The fourth-order valence-corrected chi connectivity index (χ4v) is 5.60. The van der Waals surface area contributed by atoms with Crippen molar-refractivity contribution in [3.63, 3.8) is 0 Å². The van der Waals surface area contributed by atoms with Crippen LogP contribution in [0.2, 0.25) is 15.1 Å². The Balaban J connectivity index is 1.65. The summed E-state index contributed by atoms with van der Waals surface area (Å²) in [5, 5.41) is 4.09. The minimum Gasteiger partial charge on any atom is -0.366 e. The van der Waals surface area contributed by atoms with Crippen LogP contribution < -0.4 is 10.2 Å². The molecule has 0 spiro atoms. The first-order valence-corrected chi connectivity index (χ1v) is 12.0. The third-order valence-electron chi connectivity index (χ3n) is 6.43. The largest absolute Gasteiger partial charge is 0.366 e. The molecule has 3 amide bonds. The minimum atomic E-state index is -0.501. The van der Waals surface area contributed by atoms with Crippen LogP contribution in [0.3, 0.4) is 0 Å². The van der Waals surface area contributed by atoms with Gasteiger partial charge in [-0.15, -0.1) is 0 Å². The quantitative estimate of drug-likeness (QED) is 0.364. The fourth-order valence-electron chi connectivity index (χ4n) is 4.92. The van der Waals surface area contributed by atoms with Crippen molar-refractivity contribution >= 4 is 58.5 Å². The Morgan fingerprint density at radius 1 is 1.12 bits per heavy atom. The van der Waals surface area contributed by atoms with E-state index in [1.807, 2.05) is 12.1 Å². The first-order valence-electron chi connectivity index (χ1n) is 10.9. The molecule has 0 bridgehead atoms. The summed E-state index contributed by atoms with van der Waals surface area (Å²) < 4.78 is 0. The number of imide groups is 1. The van der Waals surface area contributed by atoms with E-state index in [1.165, 1.54) is 5.56 Å². The van der Waals surface area contributed by atoms with Gasteiger partial charge < -0.3 is 10.2 Å². The van der Waals surface area contributed by atoms with Gasteiger partial charge in [0, 0.05) is 32.8 Å². The summed E-state index contributed by atoms with van der Waals surface area (Å²) in [7, 11) is 0. The number of carbonyl (C=O) groups excluding carboxylic acids is 2. The van der Waals surface area contributed by atoms with Gasteiger partial charge in [0.15, 0.2) is 0 Å². The average Bonchev–Trinajstić information content (AvgIpc) is 2.98. The van der Waals surface area contributed by atoms with E-state index in [2.05, 4.69) is 37.9 Å². The summed E-state index contributed by atoms with van der Waals surface area (Å²) in [5.74, 6) is -0.0891. The fraction of sp³-hybridized carbons (Fsp3) is 0.360. The monoisotopic (exact) mass is 505 g/mol. The molecule has 0 saturated carbocycles. The first kappa shape index (κ1) is 23.9. The van der Waals surface area contributed by atoms with Crippen LogP contribution in [0.5, 0.6) is 0 Å². The van der Waals surface area contributed by atoms with Crippen LogP contribution in [0.1, 0.15) is 56.7 Å². The van der Waals surface area contributed by atoms with Gasteiger partial charge in [-0.3, -0.25) is 9.69 Å². The van der Waals surface area contributed by atoms with Crippen molar-refractivity contribution in [2.75, 3.05) is 11.4 Å². The van der Waals surface area contributed by atoms with Crippen LogP contribution in [0.15, 0.2) is 36.0 Å². The molecule has 1 saturated heterocycles. The molecule has 4 rings (SSSR count). The lowest BCUT2D eigenvalue weighted by molar-refractivity contribution is -0.123. The van der Waals surface area contributed by atoms with Crippen molar-refractivity contribution in [1.29, 1.82) is 0 Å². The maximum atomic E-state index is 13.0. The molecule has 2 heterocycles. The van der Waals surface area contributed by atoms with Gasteiger partial charge in [0.1, 0.15) is 5.70 Å². The van der Waals surface area contributed by atoms with Crippen molar-refractivity contribution in [2.45, 2.75) is 52.1 Å². The molecule has 2 aliphatic heterocycles. The lowest BCUT2D eigenvalue weighted by atomic mass is 9.79. The Hall–Kier alpha value is -2.21. The summed E-state index contributed by atoms with van der Waals surface area (Å²) in [6.45, 7) is 9.76. The number of carbonyl (C=O) groups is 2. The zero-order valence-electron chi connectivity index (χ0n) is 19.0. The van der Waals surface area contributed by atoms with Gasteiger partial charge in [0.25, 0.3) is 5.91 Å². The van der Waals surface area contributed by atoms with Crippen LogP contribution in [-0.2, 0) is 11.3 Å². The topological polar surface area (TPSA) is 52.7 Å². The molecule has 174 valence electrons. The van der Waals surface area contributed by atoms with Gasteiger partial charge in [-0.25, -0.2) is 4.79 Å². The van der Waals surface area contributed by atoms with Crippen LogP contribution in [-0.4, -0.2) is 28.9 Å². The Kier molecular flexibility index (Phi) is 6.43. The molecule has 0 aromatic heterocycles. The molecule has 1 fully saturated rings. The zero-order chi connectivity index (χ0) is 24.1. The molecule has 0 radical (unpaired) electrons. The van der Waals surface area contributed by atoms with Crippen molar-refractivity contribution in [1.82, 2.24) is 10.2 Å². The van der Waals surface area contributed by atoms with Crippen LogP contribution in [0, 0.1) is 0 Å². The summed E-state index contributed by atoms with van der Waals surface area (Å²) in [4.78, 5) is 29.0. The normalized spacial score (nSPS) is 20.9. The van der Waals surface area contributed by atoms with E-state index in [0.29, 0.717) is 32.1 Å². The number of rotatable bonds is 4. The smallest absolute Gasteiger partial charge is 0.329 e. The SMILES string of the molecule is CCN1c2cc(Cl)c(/C=C3/NC(=O)N(Cc4ccc(Cl)cc4Cl)C3=O)cc2C(C)CC1(C)C. The number of fused-ring (bicyclic) bond motifs is 1. The van der Waals surface area contributed by atoms with Gasteiger partial charge >= 0.3 is 6.03 Å². The number of nitrogens with one attached hydrogen (secondary N) is 1. The van der Waals surface area contributed by atoms with E-state index in [0.717, 1.165) is 23.6 Å². The zero-order valence-corrected chi connectivity index (χ0v) is 21.3. The highest BCUT2D eigenvalue weighted by molar-refractivity contribution is 6.35. The van der Waals surface area contributed by atoms with Gasteiger partial charge in [-0.05, 0) is 80.1 Å². The summed E-state index contributed by atoms with van der Waals surface area (Å²) in [5.41, 5.74) is 3.86. The van der Waals surface area contributed by atoms with E-state index in [9.17, 15) is 9.59 Å². The van der Waals surface area contributed by atoms with Gasteiger partial charge in [-0.2, -0.15) is 0 Å². The summed E-state index contributed by atoms with van der Waals surface area (Å²) in [6, 6.07) is 8.46. The Morgan fingerprint density at radius 3 is 2.52 bits per heavy atom.